The van der Waals surface area contributed by atoms with Gasteiger partial charge < -0.3 is 5.32 Å². The lowest BCUT2D eigenvalue weighted by molar-refractivity contribution is 0.267. The van der Waals surface area contributed by atoms with Crippen LogP contribution in [0.3, 0.4) is 0 Å². The summed E-state index contributed by atoms with van der Waals surface area (Å²) in [7, 11) is 0. The number of benzene rings is 1. The number of aromatic nitrogens is 2. The van der Waals surface area contributed by atoms with E-state index in [1.165, 1.54) is 6.07 Å². The fraction of sp³-hybridized carbons (Fsp3) is 0.238. The van der Waals surface area contributed by atoms with Gasteiger partial charge in [-0.25, -0.2) is 4.39 Å². The average molecular weight is 348 g/mol. The number of pyridine rings is 2. The summed E-state index contributed by atoms with van der Waals surface area (Å²) in [6.45, 7) is 5.00. The Morgan fingerprint density at radius 2 is 2.04 bits per heavy atom. The van der Waals surface area contributed by atoms with Gasteiger partial charge in [0.1, 0.15) is 5.82 Å². The lowest BCUT2D eigenvalue weighted by atomic mass is 10.1. The zero-order valence-electron chi connectivity index (χ0n) is 14.7. The van der Waals surface area contributed by atoms with Crippen LogP contribution < -0.4 is 5.32 Å². The number of nitrogens with one attached hydrogen (secondary N) is 1. The highest BCUT2D eigenvalue weighted by atomic mass is 19.1. The molecular weight excluding hydrogens is 327 g/mol. The second kappa shape index (κ2) is 7.22. The molecule has 2 aromatic heterocycles. The highest BCUT2D eigenvalue weighted by Gasteiger charge is 2.17. The number of hydrogen-bond acceptors (Lipinski definition) is 4. The molecule has 0 atom stereocenters. The number of hydrogen-bond donors (Lipinski definition) is 1. The van der Waals surface area contributed by atoms with E-state index in [1.54, 1.807) is 6.07 Å². The molecule has 0 bridgehead atoms. The van der Waals surface area contributed by atoms with Crippen molar-refractivity contribution in [3.63, 3.8) is 0 Å². The Kier molecular flexibility index (Phi) is 4.63. The monoisotopic (exact) mass is 348 g/mol. The topological polar surface area (TPSA) is 41.1 Å². The van der Waals surface area contributed by atoms with Crippen molar-refractivity contribution in [2.75, 3.05) is 18.4 Å². The minimum atomic E-state index is -0.147. The van der Waals surface area contributed by atoms with E-state index >= 15 is 0 Å². The van der Waals surface area contributed by atoms with Crippen LogP contribution >= 0.6 is 0 Å². The molecule has 0 fully saturated rings. The van der Waals surface area contributed by atoms with Gasteiger partial charge >= 0.3 is 0 Å². The Bertz CT molecular complexity index is 925. The van der Waals surface area contributed by atoms with Gasteiger partial charge in [-0.05, 0) is 31.2 Å². The number of aryl methyl sites for hydroxylation is 1. The van der Waals surface area contributed by atoms with Crippen LogP contribution in [-0.4, -0.2) is 28.0 Å². The quantitative estimate of drug-likeness (QED) is 0.776. The Balaban J connectivity index is 1.57. The fourth-order valence-electron chi connectivity index (χ4n) is 3.31. The van der Waals surface area contributed by atoms with Crippen molar-refractivity contribution in [2.45, 2.75) is 20.0 Å². The molecule has 132 valence electrons. The van der Waals surface area contributed by atoms with Crippen molar-refractivity contribution >= 4 is 5.69 Å². The van der Waals surface area contributed by atoms with Crippen LogP contribution in [-0.2, 0) is 13.1 Å². The molecule has 26 heavy (non-hydrogen) atoms. The summed E-state index contributed by atoms with van der Waals surface area (Å²) < 4.78 is 14.0. The number of halogens is 1. The van der Waals surface area contributed by atoms with Crippen molar-refractivity contribution in [1.82, 2.24) is 14.9 Å². The fourth-order valence-corrected chi connectivity index (χ4v) is 3.31. The van der Waals surface area contributed by atoms with Crippen molar-refractivity contribution in [1.29, 1.82) is 0 Å². The molecule has 5 heteroatoms. The van der Waals surface area contributed by atoms with Gasteiger partial charge in [-0.2, -0.15) is 0 Å². The van der Waals surface area contributed by atoms with Crippen molar-refractivity contribution in [3.05, 3.63) is 77.5 Å². The summed E-state index contributed by atoms with van der Waals surface area (Å²) in [5.74, 6) is -0.147. The molecule has 0 saturated heterocycles. The summed E-state index contributed by atoms with van der Waals surface area (Å²) in [6.07, 6.45) is 3.73. The third-order valence-electron chi connectivity index (χ3n) is 4.67. The summed E-state index contributed by atoms with van der Waals surface area (Å²) in [6, 6.07) is 13.1. The summed E-state index contributed by atoms with van der Waals surface area (Å²) >= 11 is 0. The molecule has 1 N–H and O–H groups in total. The van der Waals surface area contributed by atoms with E-state index in [2.05, 4.69) is 26.3 Å². The molecule has 0 unspecified atom stereocenters. The Morgan fingerprint density at radius 1 is 1.15 bits per heavy atom. The number of fused-ring (bicyclic) bond motifs is 1. The van der Waals surface area contributed by atoms with E-state index in [0.717, 1.165) is 53.4 Å². The molecule has 0 amide bonds. The Morgan fingerprint density at radius 3 is 2.88 bits per heavy atom. The lowest BCUT2D eigenvalue weighted by Gasteiger charge is -2.20. The minimum absolute atomic E-state index is 0.147. The van der Waals surface area contributed by atoms with Gasteiger partial charge in [0.15, 0.2) is 0 Å². The Labute approximate surface area is 152 Å². The number of nitrogens with zero attached hydrogens (tertiary/aromatic N) is 3. The molecule has 0 radical (unpaired) electrons. The smallest absolute Gasteiger partial charge is 0.127 e. The van der Waals surface area contributed by atoms with E-state index < -0.39 is 0 Å². The third-order valence-corrected chi connectivity index (χ3v) is 4.67. The molecule has 3 heterocycles. The number of rotatable bonds is 3. The van der Waals surface area contributed by atoms with Gasteiger partial charge in [0.25, 0.3) is 0 Å². The van der Waals surface area contributed by atoms with E-state index in [-0.39, 0.29) is 5.82 Å². The molecule has 0 spiro atoms. The maximum absolute atomic E-state index is 14.0. The van der Waals surface area contributed by atoms with E-state index in [0.29, 0.717) is 6.54 Å². The molecule has 4 rings (SSSR count). The maximum Gasteiger partial charge on any atom is 0.127 e. The molecule has 4 nitrogen and oxygen atoms in total. The maximum atomic E-state index is 14.0. The standard InChI is InChI=1S/C21H21FN4/c1-15-10-16(6-7-23-15)20-11-21-18(12-25-20)14-26(9-8-24-21)13-17-4-2-3-5-19(17)22/h2-7,10-12,24H,8-9,13-14H2,1H3. The van der Waals surface area contributed by atoms with Gasteiger partial charge in [-0.15, -0.1) is 0 Å². The molecular formula is C21H21FN4. The first kappa shape index (κ1) is 16.7. The van der Waals surface area contributed by atoms with Gasteiger partial charge in [-0.3, -0.25) is 14.9 Å². The Hall–Kier alpha value is -2.79. The second-order valence-electron chi connectivity index (χ2n) is 6.64. The first-order valence-electron chi connectivity index (χ1n) is 8.80. The van der Waals surface area contributed by atoms with E-state index in [1.807, 2.05) is 43.6 Å². The zero-order chi connectivity index (χ0) is 17.9. The molecule has 1 aromatic carbocycles. The predicted octanol–water partition coefficient (Wildman–Crippen LogP) is 4.02. The van der Waals surface area contributed by atoms with Gasteiger partial charge in [0, 0.05) is 66.6 Å². The molecule has 3 aromatic rings. The molecule has 1 aliphatic rings. The second-order valence-corrected chi connectivity index (χ2v) is 6.64. The molecule has 1 aliphatic heterocycles. The van der Waals surface area contributed by atoms with Crippen molar-refractivity contribution in [3.8, 4) is 11.3 Å². The number of anilines is 1. The van der Waals surface area contributed by atoms with Gasteiger partial charge in [-0.1, -0.05) is 18.2 Å². The van der Waals surface area contributed by atoms with Gasteiger partial charge in [0.05, 0.1) is 5.69 Å². The highest BCUT2D eigenvalue weighted by molar-refractivity contribution is 5.66. The van der Waals surface area contributed by atoms with Crippen molar-refractivity contribution < 1.29 is 4.39 Å². The van der Waals surface area contributed by atoms with E-state index in [9.17, 15) is 4.39 Å². The lowest BCUT2D eigenvalue weighted by Crippen LogP contribution is -2.26. The summed E-state index contributed by atoms with van der Waals surface area (Å²) in [5, 5.41) is 3.49. The van der Waals surface area contributed by atoms with Crippen LogP contribution in [0.1, 0.15) is 16.8 Å². The first-order chi connectivity index (χ1) is 12.7. The highest BCUT2D eigenvalue weighted by Crippen LogP contribution is 2.26. The summed E-state index contributed by atoms with van der Waals surface area (Å²) in [4.78, 5) is 11.1. The van der Waals surface area contributed by atoms with E-state index in [4.69, 9.17) is 0 Å². The molecule has 0 aliphatic carbocycles. The van der Waals surface area contributed by atoms with Crippen LogP contribution in [0.5, 0.6) is 0 Å². The van der Waals surface area contributed by atoms with Crippen LogP contribution in [0.15, 0.2) is 54.9 Å². The van der Waals surface area contributed by atoms with Crippen LogP contribution in [0.25, 0.3) is 11.3 Å². The largest absolute Gasteiger partial charge is 0.383 e. The normalized spacial score (nSPS) is 14.4. The molecule has 0 saturated carbocycles. The SMILES string of the molecule is Cc1cc(-c2cc3c(cn2)CN(Cc2ccccc2F)CCN3)ccn1. The minimum Gasteiger partial charge on any atom is -0.383 e. The third kappa shape index (κ3) is 3.58. The summed E-state index contributed by atoms with van der Waals surface area (Å²) in [5.41, 5.74) is 5.93. The van der Waals surface area contributed by atoms with Crippen LogP contribution in [0, 0.1) is 12.7 Å². The van der Waals surface area contributed by atoms with Crippen LogP contribution in [0.2, 0.25) is 0 Å². The average Bonchev–Trinajstić information content (AvgIpc) is 2.84. The van der Waals surface area contributed by atoms with Gasteiger partial charge in [0.2, 0.25) is 0 Å². The first-order valence-corrected chi connectivity index (χ1v) is 8.80. The van der Waals surface area contributed by atoms with Crippen LogP contribution in [0.4, 0.5) is 10.1 Å². The predicted molar refractivity (Wildman–Crippen MR) is 101 cm³/mol. The van der Waals surface area contributed by atoms with Crippen molar-refractivity contribution in [2.24, 2.45) is 0 Å². The zero-order valence-corrected chi connectivity index (χ0v) is 14.7.